The zero-order valence-electron chi connectivity index (χ0n) is 14.8. The summed E-state index contributed by atoms with van der Waals surface area (Å²) in [6, 6.07) is 9.85. The Bertz CT molecular complexity index is 718. The summed E-state index contributed by atoms with van der Waals surface area (Å²) in [6.07, 6.45) is 5.89. The molecule has 0 N–H and O–H groups in total. The third kappa shape index (κ3) is 4.29. The van der Waals surface area contributed by atoms with Gasteiger partial charge in [-0.05, 0) is 48.1 Å². The Balaban J connectivity index is 1.57. The first kappa shape index (κ1) is 17.3. The SMILES string of the molecule is COc1ccc(CC2CCN(C(=O)Cc3cccnc3)C2)cc1OC. The molecule has 1 aromatic carbocycles. The molecule has 25 heavy (non-hydrogen) atoms. The average molecular weight is 340 g/mol. The first-order valence-corrected chi connectivity index (χ1v) is 8.57. The third-order valence-electron chi connectivity index (χ3n) is 4.69. The molecule has 2 heterocycles. The summed E-state index contributed by atoms with van der Waals surface area (Å²) in [5, 5.41) is 0. The molecule has 0 saturated carbocycles. The van der Waals surface area contributed by atoms with Crippen LogP contribution in [-0.2, 0) is 17.6 Å². The molecule has 5 nitrogen and oxygen atoms in total. The topological polar surface area (TPSA) is 51.7 Å². The van der Waals surface area contributed by atoms with Gasteiger partial charge in [0, 0.05) is 25.5 Å². The maximum Gasteiger partial charge on any atom is 0.227 e. The quantitative estimate of drug-likeness (QED) is 0.811. The van der Waals surface area contributed by atoms with Gasteiger partial charge < -0.3 is 14.4 Å². The molecule has 5 heteroatoms. The molecule has 1 aliphatic heterocycles. The van der Waals surface area contributed by atoms with Crippen molar-refractivity contribution in [1.82, 2.24) is 9.88 Å². The van der Waals surface area contributed by atoms with Crippen molar-refractivity contribution in [1.29, 1.82) is 0 Å². The molecule has 0 bridgehead atoms. The predicted molar refractivity (Wildman–Crippen MR) is 95.9 cm³/mol. The van der Waals surface area contributed by atoms with Crippen LogP contribution in [0.3, 0.4) is 0 Å². The van der Waals surface area contributed by atoms with Crippen molar-refractivity contribution in [3.8, 4) is 11.5 Å². The van der Waals surface area contributed by atoms with Crippen LogP contribution in [-0.4, -0.2) is 43.1 Å². The molecule has 0 aliphatic carbocycles. The van der Waals surface area contributed by atoms with Gasteiger partial charge in [0.1, 0.15) is 0 Å². The van der Waals surface area contributed by atoms with Gasteiger partial charge in [-0.3, -0.25) is 9.78 Å². The predicted octanol–water partition coefficient (Wildman–Crippen LogP) is 2.73. The van der Waals surface area contributed by atoms with Gasteiger partial charge in [0.05, 0.1) is 20.6 Å². The average Bonchev–Trinajstić information content (AvgIpc) is 3.11. The Morgan fingerprint density at radius 3 is 2.76 bits per heavy atom. The first-order chi connectivity index (χ1) is 12.2. The van der Waals surface area contributed by atoms with E-state index in [1.54, 1.807) is 26.6 Å². The van der Waals surface area contributed by atoms with E-state index in [1.807, 2.05) is 29.2 Å². The fourth-order valence-electron chi connectivity index (χ4n) is 3.36. The van der Waals surface area contributed by atoms with Gasteiger partial charge in [0.2, 0.25) is 5.91 Å². The Labute approximate surface area is 148 Å². The molecule has 1 amide bonds. The highest BCUT2D eigenvalue weighted by Crippen LogP contribution is 2.30. The second-order valence-electron chi connectivity index (χ2n) is 6.43. The first-order valence-electron chi connectivity index (χ1n) is 8.57. The summed E-state index contributed by atoms with van der Waals surface area (Å²) >= 11 is 0. The molecule has 0 spiro atoms. The molecular formula is C20H24N2O3. The van der Waals surface area contributed by atoms with E-state index >= 15 is 0 Å². The number of rotatable bonds is 6. The second kappa shape index (κ2) is 8.01. The summed E-state index contributed by atoms with van der Waals surface area (Å²) in [6.45, 7) is 1.64. The minimum atomic E-state index is 0.183. The Morgan fingerprint density at radius 1 is 1.20 bits per heavy atom. The van der Waals surface area contributed by atoms with Crippen LogP contribution in [0.25, 0.3) is 0 Å². The van der Waals surface area contributed by atoms with Crippen LogP contribution < -0.4 is 9.47 Å². The van der Waals surface area contributed by atoms with E-state index in [1.165, 1.54) is 5.56 Å². The Hall–Kier alpha value is -2.56. The van der Waals surface area contributed by atoms with E-state index in [2.05, 4.69) is 11.1 Å². The van der Waals surface area contributed by atoms with E-state index in [-0.39, 0.29) is 5.91 Å². The number of ether oxygens (including phenoxy) is 2. The molecule has 1 aliphatic rings. The van der Waals surface area contributed by atoms with E-state index < -0.39 is 0 Å². The van der Waals surface area contributed by atoms with Gasteiger partial charge in [-0.2, -0.15) is 0 Å². The number of hydrogen-bond acceptors (Lipinski definition) is 4. The minimum Gasteiger partial charge on any atom is -0.493 e. The molecule has 3 rings (SSSR count). The number of pyridine rings is 1. The molecule has 1 unspecified atom stereocenters. The Morgan fingerprint density at radius 2 is 2.04 bits per heavy atom. The normalized spacial score (nSPS) is 16.7. The maximum atomic E-state index is 12.5. The summed E-state index contributed by atoms with van der Waals surface area (Å²) < 4.78 is 10.7. The lowest BCUT2D eigenvalue weighted by Gasteiger charge is -2.17. The number of aromatic nitrogens is 1. The van der Waals surface area contributed by atoms with Gasteiger partial charge in [-0.15, -0.1) is 0 Å². The fourth-order valence-corrected chi connectivity index (χ4v) is 3.36. The third-order valence-corrected chi connectivity index (χ3v) is 4.69. The number of methoxy groups -OCH3 is 2. The van der Waals surface area contributed by atoms with Crippen molar-refractivity contribution in [2.24, 2.45) is 5.92 Å². The number of carbonyl (C=O) groups is 1. The summed E-state index contributed by atoms with van der Waals surface area (Å²) in [7, 11) is 3.29. The zero-order valence-corrected chi connectivity index (χ0v) is 14.8. The van der Waals surface area contributed by atoms with Gasteiger partial charge in [-0.1, -0.05) is 12.1 Å². The van der Waals surface area contributed by atoms with Gasteiger partial charge in [0.25, 0.3) is 0 Å². The number of amides is 1. The highest BCUT2D eigenvalue weighted by Gasteiger charge is 2.26. The monoisotopic (exact) mass is 340 g/mol. The van der Waals surface area contributed by atoms with Gasteiger partial charge in [-0.25, -0.2) is 0 Å². The lowest BCUT2D eigenvalue weighted by molar-refractivity contribution is -0.129. The largest absolute Gasteiger partial charge is 0.493 e. The number of benzene rings is 1. The summed E-state index contributed by atoms with van der Waals surface area (Å²) in [4.78, 5) is 18.5. The Kier molecular flexibility index (Phi) is 5.53. The van der Waals surface area contributed by atoms with Gasteiger partial charge >= 0.3 is 0 Å². The summed E-state index contributed by atoms with van der Waals surface area (Å²) in [5.74, 6) is 2.16. The van der Waals surface area contributed by atoms with Crippen LogP contribution in [0.15, 0.2) is 42.7 Å². The number of nitrogens with zero attached hydrogens (tertiary/aromatic N) is 2. The standard InChI is InChI=1S/C20H24N2O3/c1-24-18-6-5-15(11-19(18)25-2)10-17-7-9-22(14-17)20(23)12-16-4-3-8-21-13-16/h3-6,8,11,13,17H,7,9-10,12,14H2,1-2H3. The van der Waals surface area contributed by atoms with Crippen molar-refractivity contribution in [2.75, 3.05) is 27.3 Å². The molecule has 132 valence electrons. The van der Waals surface area contributed by atoms with Crippen LogP contribution in [0, 0.1) is 5.92 Å². The van der Waals surface area contributed by atoms with E-state index in [0.29, 0.717) is 12.3 Å². The van der Waals surface area contributed by atoms with Crippen molar-refractivity contribution < 1.29 is 14.3 Å². The van der Waals surface area contributed by atoms with Gasteiger partial charge in [0.15, 0.2) is 11.5 Å². The minimum absolute atomic E-state index is 0.183. The number of carbonyl (C=O) groups excluding carboxylic acids is 1. The van der Waals surface area contributed by atoms with E-state index in [0.717, 1.165) is 43.0 Å². The van der Waals surface area contributed by atoms with E-state index in [9.17, 15) is 4.79 Å². The van der Waals surface area contributed by atoms with Crippen molar-refractivity contribution in [2.45, 2.75) is 19.3 Å². The van der Waals surface area contributed by atoms with Crippen LogP contribution in [0.1, 0.15) is 17.5 Å². The number of likely N-dealkylation sites (tertiary alicyclic amines) is 1. The molecule has 1 aromatic heterocycles. The van der Waals surface area contributed by atoms with Crippen LogP contribution >= 0.6 is 0 Å². The fraction of sp³-hybridized carbons (Fsp3) is 0.400. The lowest BCUT2D eigenvalue weighted by Crippen LogP contribution is -2.30. The van der Waals surface area contributed by atoms with Crippen molar-refractivity contribution in [3.63, 3.8) is 0 Å². The number of hydrogen-bond donors (Lipinski definition) is 0. The highest BCUT2D eigenvalue weighted by molar-refractivity contribution is 5.78. The maximum absolute atomic E-state index is 12.5. The molecule has 1 saturated heterocycles. The van der Waals surface area contributed by atoms with Crippen molar-refractivity contribution >= 4 is 5.91 Å². The van der Waals surface area contributed by atoms with Crippen LogP contribution in [0.4, 0.5) is 0 Å². The molecule has 1 fully saturated rings. The lowest BCUT2D eigenvalue weighted by atomic mass is 9.98. The molecule has 1 atom stereocenters. The van der Waals surface area contributed by atoms with Crippen LogP contribution in [0.2, 0.25) is 0 Å². The molecule has 0 radical (unpaired) electrons. The van der Waals surface area contributed by atoms with Crippen molar-refractivity contribution in [3.05, 3.63) is 53.9 Å². The summed E-state index contributed by atoms with van der Waals surface area (Å²) in [5.41, 5.74) is 2.18. The molecule has 2 aromatic rings. The van der Waals surface area contributed by atoms with Crippen LogP contribution in [0.5, 0.6) is 11.5 Å². The second-order valence-corrected chi connectivity index (χ2v) is 6.43. The van der Waals surface area contributed by atoms with E-state index in [4.69, 9.17) is 9.47 Å². The zero-order chi connectivity index (χ0) is 17.6. The molecular weight excluding hydrogens is 316 g/mol. The highest BCUT2D eigenvalue weighted by atomic mass is 16.5. The smallest absolute Gasteiger partial charge is 0.227 e.